The van der Waals surface area contributed by atoms with Crippen molar-refractivity contribution in [2.24, 2.45) is 0 Å². The van der Waals surface area contributed by atoms with Gasteiger partial charge in [0.15, 0.2) is 0 Å². The molecule has 0 unspecified atom stereocenters. The largest absolute Gasteiger partial charge is 0.341 e. The molecule has 0 saturated carbocycles. The van der Waals surface area contributed by atoms with Gasteiger partial charge < -0.3 is 4.98 Å². The van der Waals surface area contributed by atoms with Crippen LogP contribution in [0, 0.1) is 10.1 Å². The smallest absolute Gasteiger partial charge is 0.271 e. The molecule has 0 fully saturated rings. The molecular formula is C9H8ClN3O2. The minimum atomic E-state index is -0.440. The minimum Gasteiger partial charge on any atom is -0.341 e. The molecule has 15 heavy (non-hydrogen) atoms. The topological polar surface area (TPSA) is 71.8 Å². The van der Waals surface area contributed by atoms with Crippen LogP contribution in [0.4, 0.5) is 5.69 Å². The van der Waals surface area contributed by atoms with E-state index < -0.39 is 4.92 Å². The van der Waals surface area contributed by atoms with Gasteiger partial charge in [-0.15, -0.1) is 11.6 Å². The number of aromatic nitrogens is 2. The molecule has 0 radical (unpaired) electrons. The van der Waals surface area contributed by atoms with E-state index in [1.807, 2.05) is 0 Å². The number of H-pyrrole nitrogens is 1. The van der Waals surface area contributed by atoms with Crippen molar-refractivity contribution in [2.45, 2.75) is 12.3 Å². The number of nitrogens with one attached hydrogen (secondary N) is 1. The Morgan fingerprint density at radius 1 is 1.60 bits per heavy atom. The fourth-order valence-electron chi connectivity index (χ4n) is 1.32. The van der Waals surface area contributed by atoms with E-state index in [0.29, 0.717) is 16.9 Å². The molecule has 0 aliphatic carbocycles. The number of non-ortho nitro benzene ring substituents is 1. The van der Waals surface area contributed by atoms with E-state index in [2.05, 4.69) is 9.97 Å². The molecule has 0 aliphatic rings. The van der Waals surface area contributed by atoms with Gasteiger partial charge in [0.1, 0.15) is 5.82 Å². The summed E-state index contributed by atoms with van der Waals surface area (Å²) in [6.45, 7) is 1.79. The maximum absolute atomic E-state index is 10.5. The highest BCUT2D eigenvalue weighted by Gasteiger charge is 2.11. The van der Waals surface area contributed by atoms with Gasteiger partial charge in [-0.1, -0.05) is 0 Å². The first-order valence-electron chi connectivity index (χ1n) is 4.36. The van der Waals surface area contributed by atoms with Crippen molar-refractivity contribution in [1.82, 2.24) is 9.97 Å². The highest BCUT2D eigenvalue weighted by Crippen LogP contribution is 2.23. The van der Waals surface area contributed by atoms with Crippen molar-refractivity contribution >= 4 is 28.3 Å². The van der Waals surface area contributed by atoms with E-state index >= 15 is 0 Å². The van der Waals surface area contributed by atoms with Crippen LogP contribution in [0.15, 0.2) is 18.2 Å². The lowest BCUT2D eigenvalue weighted by atomic mass is 10.3. The fourth-order valence-corrected chi connectivity index (χ4v) is 1.42. The Hall–Kier alpha value is -1.62. The van der Waals surface area contributed by atoms with Crippen LogP contribution in [0.2, 0.25) is 0 Å². The standard InChI is InChI=1S/C9H8ClN3O2/c1-5(10)9-11-7-3-2-6(13(14)15)4-8(7)12-9/h2-5H,1H3,(H,11,12)/t5-/m0/s1. The van der Waals surface area contributed by atoms with Gasteiger partial charge in [-0.25, -0.2) is 4.98 Å². The van der Waals surface area contributed by atoms with Gasteiger partial charge in [0.2, 0.25) is 0 Å². The zero-order valence-corrected chi connectivity index (χ0v) is 8.65. The van der Waals surface area contributed by atoms with Crippen LogP contribution in [0.25, 0.3) is 11.0 Å². The number of nitrogens with zero attached hydrogens (tertiary/aromatic N) is 2. The lowest BCUT2D eigenvalue weighted by molar-refractivity contribution is -0.384. The SMILES string of the molecule is C[C@H](Cl)c1nc2ccc([N+](=O)[O-])cc2[nH]1. The summed E-state index contributed by atoms with van der Waals surface area (Å²) in [5.41, 5.74) is 1.36. The lowest BCUT2D eigenvalue weighted by Crippen LogP contribution is -1.86. The number of aromatic amines is 1. The van der Waals surface area contributed by atoms with E-state index in [-0.39, 0.29) is 11.1 Å². The zero-order valence-electron chi connectivity index (χ0n) is 7.90. The second kappa shape index (κ2) is 3.51. The van der Waals surface area contributed by atoms with Crippen LogP contribution in [0.1, 0.15) is 18.1 Å². The summed E-state index contributed by atoms with van der Waals surface area (Å²) in [6, 6.07) is 4.48. The average Bonchev–Trinajstić information content (AvgIpc) is 2.59. The van der Waals surface area contributed by atoms with Crippen LogP contribution in [-0.2, 0) is 0 Å². The molecule has 0 spiro atoms. The van der Waals surface area contributed by atoms with Crippen LogP contribution in [-0.4, -0.2) is 14.9 Å². The quantitative estimate of drug-likeness (QED) is 0.485. The molecule has 1 atom stereocenters. The molecule has 1 aromatic carbocycles. The molecular weight excluding hydrogens is 218 g/mol. The highest BCUT2D eigenvalue weighted by molar-refractivity contribution is 6.20. The van der Waals surface area contributed by atoms with Gasteiger partial charge in [0.05, 0.1) is 21.3 Å². The van der Waals surface area contributed by atoms with E-state index in [1.165, 1.54) is 12.1 Å². The number of nitro benzene ring substituents is 1. The van der Waals surface area contributed by atoms with Crippen LogP contribution < -0.4 is 0 Å². The second-order valence-corrected chi connectivity index (χ2v) is 3.85. The summed E-state index contributed by atoms with van der Waals surface area (Å²) in [5, 5.41) is 10.3. The predicted molar refractivity (Wildman–Crippen MR) is 57.0 cm³/mol. The summed E-state index contributed by atoms with van der Waals surface area (Å²) >= 11 is 5.85. The van der Waals surface area contributed by atoms with Crippen molar-refractivity contribution in [2.75, 3.05) is 0 Å². The number of benzene rings is 1. The van der Waals surface area contributed by atoms with Gasteiger partial charge in [-0.3, -0.25) is 10.1 Å². The first-order chi connectivity index (χ1) is 7.08. The number of halogens is 1. The van der Waals surface area contributed by atoms with Crippen molar-refractivity contribution in [3.63, 3.8) is 0 Å². The molecule has 5 nitrogen and oxygen atoms in total. The molecule has 1 N–H and O–H groups in total. The summed E-state index contributed by atoms with van der Waals surface area (Å²) in [5.74, 6) is 0.618. The Kier molecular flexibility index (Phi) is 2.32. The highest BCUT2D eigenvalue weighted by atomic mass is 35.5. The average molecular weight is 226 g/mol. The van der Waals surface area contributed by atoms with Crippen LogP contribution >= 0.6 is 11.6 Å². The normalized spacial score (nSPS) is 12.9. The van der Waals surface area contributed by atoms with E-state index in [0.717, 1.165) is 0 Å². The molecule has 78 valence electrons. The summed E-state index contributed by atoms with van der Waals surface area (Å²) in [4.78, 5) is 17.2. The number of nitro groups is 1. The Bertz CT molecular complexity index is 521. The van der Waals surface area contributed by atoms with Gasteiger partial charge in [0.25, 0.3) is 5.69 Å². The number of fused-ring (bicyclic) bond motifs is 1. The second-order valence-electron chi connectivity index (χ2n) is 3.20. The number of hydrogen-bond donors (Lipinski definition) is 1. The molecule has 2 rings (SSSR count). The summed E-state index contributed by atoms with van der Waals surface area (Å²) in [7, 11) is 0. The predicted octanol–water partition coefficient (Wildman–Crippen LogP) is 2.77. The maximum Gasteiger partial charge on any atom is 0.271 e. The van der Waals surface area contributed by atoms with E-state index in [1.54, 1.807) is 13.0 Å². The number of rotatable bonds is 2. The number of imidazole rings is 1. The van der Waals surface area contributed by atoms with Gasteiger partial charge in [0, 0.05) is 12.1 Å². The molecule has 2 aromatic rings. The zero-order chi connectivity index (χ0) is 11.0. The number of alkyl halides is 1. The van der Waals surface area contributed by atoms with Crippen LogP contribution in [0.3, 0.4) is 0 Å². The Balaban J connectivity index is 2.57. The molecule has 0 bridgehead atoms. The Labute approximate surface area is 90.2 Å². The first-order valence-corrected chi connectivity index (χ1v) is 4.79. The molecule has 6 heteroatoms. The lowest BCUT2D eigenvalue weighted by Gasteiger charge is -1.93. The van der Waals surface area contributed by atoms with Crippen molar-refractivity contribution < 1.29 is 4.92 Å². The minimum absolute atomic E-state index is 0.0416. The summed E-state index contributed by atoms with van der Waals surface area (Å²) < 4.78 is 0. The molecule has 0 amide bonds. The third kappa shape index (κ3) is 1.78. The molecule has 0 saturated heterocycles. The van der Waals surface area contributed by atoms with Crippen LogP contribution in [0.5, 0.6) is 0 Å². The van der Waals surface area contributed by atoms with Crippen molar-refractivity contribution in [1.29, 1.82) is 0 Å². The van der Waals surface area contributed by atoms with E-state index in [9.17, 15) is 10.1 Å². The number of hydrogen-bond acceptors (Lipinski definition) is 3. The monoisotopic (exact) mass is 225 g/mol. The fraction of sp³-hybridized carbons (Fsp3) is 0.222. The molecule has 0 aliphatic heterocycles. The Morgan fingerprint density at radius 2 is 2.33 bits per heavy atom. The molecule has 1 aromatic heterocycles. The third-order valence-electron chi connectivity index (χ3n) is 2.07. The first kappa shape index (κ1) is 9.92. The Morgan fingerprint density at radius 3 is 2.93 bits per heavy atom. The van der Waals surface area contributed by atoms with Gasteiger partial charge in [-0.2, -0.15) is 0 Å². The van der Waals surface area contributed by atoms with E-state index in [4.69, 9.17) is 11.6 Å². The van der Waals surface area contributed by atoms with Crippen molar-refractivity contribution in [3.05, 3.63) is 34.1 Å². The van der Waals surface area contributed by atoms with Gasteiger partial charge in [-0.05, 0) is 13.0 Å². The summed E-state index contributed by atoms with van der Waals surface area (Å²) in [6.07, 6.45) is 0. The third-order valence-corrected chi connectivity index (χ3v) is 2.28. The molecule has 1 heterocycles. The van der Waals surface area contributed by atoms with Crippen molar-refractivity contribution in [3.8, 4) is 0 Å². The maximum atomic E-state index is 10.5. The van der Waals surface area contributed by atoms with Gasteiger partial charge >= 0.3 is 0 Å².